The maximum atomic E-state index is 11.6. The Morgan fingerprint density at radius 1 is 0.280 bits per heavy atom. The monoisotopic (exact) mass is 1200 g/mol. The van der Waals surface area contributed by atoms with Crippen LogP contribution in [0.5, 0.6) is 0 Å². The molecule has 0 aromatic rings. The molecule has 0 N–H and O–H groups in total. The standard InChI is InChI=1S/C53H97NO28/c1-2-52(57)81-48-47-79-44-43-77-40-39-75-36-35-73-32-31-71-28-27-69-24-23-67-20-19-65-16-15-63-12-11-61-8-7-59-5-6-60-9-10-62-13-14-64-17-18-66-21-22-68-25-26-70-29-30-72-33-34-74-37-38-76-41-42-78-45-46-80-49-53(58)82-54-50(55)3-4-51(54)56/h2H,1,3-49H2. The van der Waals surface area contributed by atoms with Gasteiger partial charge in [-0.3, -0.25) is 9.59 Å². The Bertz CT molecular complexity index is 1390. The number of hydrogen-bond acceptors (Lipinski definition) is 28. The third-order valence-corrected chi connectivity index (χ3v) is 9.87. The van der Waals surface area contributed by atoms with Gasteiger partial charge >= 0.3 is 11.9 Å². The second kappa shape index (κ2) is 65.5. The molecule has 1 rings (SSSR count). The number of imide groups is 1. The largest absolute Gasteiger partial charge is 0.460 e. The van der Waals surface area contributed by atoms with Crippen LogP contribution in [0.2, 0.25) is 0 Å². The van der Waals surface area contributed by atoms with Crippen LogP contribution < -0.4 is 0 Å². The summed E-state index contributed by atoms with van der Waals surface area (Å²) in [7, 11) is 0. The first kappa shape index (κ1) is 77.0. The van der Waals surface area contributed by atoms with Crippen molar-refractivity contribution in [3.8, 4) is 0 Å². The highest BCUT2D eigenvalue weighted by molar-refractivity contribution is 6.01. The predicted molar refractivity (Wildman–Crippen MR) is 286 cm³/mol. The minimum absolute atomic E-state index is 0.0341. The van der Waals surface area contributed by atoms with Gasteiger partial charge in [0, 0.05) is 18.9 Å². The van der Waals surface area contributed by atoms with E-state index < -0.39 is 30.4 Å². The Balaban J connectivity index is 1.60. The van der Waals surface area contributed by atoms with Gasteiger partial charge in [-0.1, -0.05) is 6.58 Å². The molecule has 1 heterocycles. The molecule has 0 radical (unpaired) electrons. The average molecular weight is 1200 g/mol. The molecule has 0 atom stereocenters. The second-order valence-electron chi connectivity index (χ2n) is 16.3. The first-order valence-corrected chi connectivity index (χ1v) is 28.1. The summed E-state index contributed by atoms with van der Waals surface area (Å²) in [5, 5.41) is 0.478. The van der Waals surface area contributed by atoms with Gasteiger partial charge in [-0.25, -0.2) is 9.59 Å². The summed E-state index contributed by atoms with van der Waals surface area (Å²) in [4.78, 5) is 50.1. The van der Waals surface area contributed by atoms with Crippen LogP contribution in [-0.2, 0) is 133 Å². The second-order valence-corrected chi connectivity index (χ2v) is 16.3. The average Bonchev–Trinajstić information content (AvgIpc) is 3.95. The molecule has 0 saturated carbocycles. The van der Waals surface area contributed by atoms with Gasteiger partial charge in [0.15, 0.2) is 0 Å². The van der Waals surface area contributed by atoms with E-state index in [9.17, 15) is 19.2 Å². The van der Waals surface area contributed by atoms with E-state index in [0.29, 0.717) is 276 Å². The minimum atomic E-state index is -0.828. The van der Waals surface area contributed by atoms with Crippen molar-refractivity contribution < 1.29 is 133 Å². The summed E-state index contributed by atoms with van der Waals surface area (Å²) >= 11 is 0. The lowest BCUT2D eigenvalue weighted by Crippen LogP contribution is -2.33. The fourth-order valence-electron chi connectivity index (χ4n) is 5.82. The fraction of sp³-hybridized carbons (Fsp3) is 0.887. The SMILES string of the molecule is C=CC(=O)OCCOCCOCCOCCOCCOCCOCCOCCOCCOCCOCCOCCOCCOCCOCCOCCOCCOCCOCCOCCOCCOCCOCC(=O)ON1C(=O)CCC1=O. The van der Waals surface area contributed by atoms with Gasteiger partial charge in [-0.2, -0.15) is 0 Å². The third kappa shape index (κ3) is 58.7. The van der Waals surface area contributed by atoms with Crippen LogP contribution in [0.15, 0.2) is 12.7 Å². The van der Waals surface area contributed by atoms with Crippen LogP contribution >= 0.6 is 0 Å². The maximum Gasteiger partial charge on any atom is 0.358 e. The van der Waals surface area contributed by atoms with Crippen molar-refractivity contribution in [3.05, 3.63) is 12.7 Å². The molecule has 0 aromatic heterocycles. The summed E-state index contributed by atoms with van der Waals surface area (Å²) in [6, 6.07) is 0. The van der Waals surface area contributed by atoms with Gasteiger partial charge < -0.3 is 114 Å². The molecule has 482 valence electrons. The zero-order valence-electron chi connectivity index (χ0n) is 48.4. The number of carbonyl (C=O) groups is 4. The van der Waals surface area contributed by atoms with Crippen LogP contribution in [-0.4, -0.2) is 326 Å². The highest BCUT2D eigenvalue weighted by atomic mass is 16.7. The normalized spacial score (nSPS) is 12.6. The number of hydrogen-bond donors (Lipinski definition) is 0. The van der Waals surface area contributed by atoms with E-state index in [-0.39, 0.29) is 32.7 Å². The molecular weight excluding hydrogens is 1100 g/mol. The van der Waals surface area contributed by atoms with Gasteiger partial charge in [-0.15, -0.1) is 5.06 Å². The van der Waals surface area contributed by atoms with Gasteiger partial charge in [0.05, 0.1) is 284 Å². The lowest BCUT2D eigenvalue weighted by atomic mass is 10.4. The van der Waals surface area contributed by atoms with E-state index in [2.05, 4.69) is 6.58 Å². The molecule has 0 spiro atoms. The summed E-state index contributed by atoms with van der Waals surface area (Å²) in [5.41, 5.74) is 0. The first-order valence-electron chi connectivity index (χ1n) is 28.1. The number of amides is 2. The van der Waals surface area contributed by atoms with Crippen molar-refractivity contribution >= 4 is 23.8 Å². The minimum Gasteiger partial charge on any atom is -0.460 e. The van der Waals surface area contributed by atoms with Crippen molar-refractivity contribution in [2.24, 2.45) is 0 Å². The molecule has 1 fully saturated rings. The predicted octanol–water partition coefficient (Wildman–Crippen LogP) is -0.312. The van der Waals surface area contributed by atoms with Gasteiger partial charge in [0.2, 0.25) is 0 Å². The van der Waals surface area contributed by atoms with Crippen LogP contribution in [0.4, 0.5) is 0 Å². The number of rotatable bonds is 70. The maximum absolute atomic E-state index is 11.6. The molecule has 0 aliphatic carbocycles. The Hall–Kier alpha value is -3.06. The quantitative estimate of drug-likeness (QED) is 0.0326. The van der Waals surface area contributed by atoms with E-state index in [4.69, 9.17) is 114 Å². The summed E-state index contributed by atoms with van der Waals surface area (Å²) in [6.07, 6.45) is 1.18. The molecule has 82 heavy (non-hydrogen) atoms. The molecule has 2 amide bonds. The molecule has 0 aromatic carbocycles. The third-order valence-electron chi connectivity index (χ3n) is 9.87. The lowest BCUT2D eigenvalue weighted by molar-refractivity contribution is -0.200. The molecule has 29 heteroatoms. The molecule has 1 aliphatic rings. The molecule has 0 bridgehead atoms. The molecular formula is C53H97NO28. The van der Waals surface area contributed by atoms with E-state index in [0.717, 1.165) is 6.08 Å². The Morgan fingerprint density at radius 2 is 0.439 bits per heavy atom. The number of ether oxygens (including phenoxy) is 23. The molecule has 0 unspecified atom stereocenters. The van der Waals surface area contributed by atoms with E-state index >= 15 is 0 Å². The van der Waals surface area contributed by atoms with Gasteiger partial charge in [0.1, 0.15) is 13.2 Å². The first-order chi connectivity index (χ1) is 40.5. The highest BCUT2D eigenvalue weighted by Gasteiger charge is 2.32. The summed E-state index contributed by atoms with van der Waals surface area (Å²) in [5.74, 6) is -2.38. The number of esters is 1. The lowest BCUT2D eigenvalue weighted by Gasteiger charge is -2.12. The molecule has 1 saturated heterocycles. The Labute approximate surface area is 483 Å². The Morgan fingerprint density at radius 3 is 0.610 bits per heavy atom. The van der Waals surface area contributed by atoms with Crippen LogP contribution in [0.25, 0.3) is 0 Å². The summed E-state index contributed by atoms with van der Waals surface area (Å²) < 4.78 is 125. The van der Waals surface area contributed by atoms with Crippen molar-refractivity contribution in [2.45, 2.75) is 12.8 Å². The zero-order chi connectivity index (χ0) is 58.8. The summed E-state index contributed by atoms with van der Waals surface area (Å²) in [6.45, 7) is 22.0. The van der Waals surface area contributed by atoms with Crippen molar-refractivity contribution in [3.63, 3.8) is 0 Å². The number of carbonyl (C=O) groups excluding carboxylic acids is 4. The number of nitrogens with zero attached hydrogens (tertiary/aromatic N) is 1. The zero-order valence-corrected chi connectivity index (χ0v) is 48.4. The van der Waals surface area contributed by atoms with E-state index in [1.807, 2.05) is 0 Å². The van der Waals surface area contributed by atoms with Gasteiger partial charge in [-0.05, 0) is 0 Å². The molecule has 1 aliphatic heterocycles. The van der Waals surface area contributed by atoms with Crippen LogP contribution in [0.3, 0.4) is 0 Å². The van der Waals surface area contributed by atoms with Crippen molar-refractivity contribution in [2.75, 3.05) is 297 Å². The van der Waals surface area contributed by atoms with E-state index in [1.54, 1.807) is 0 Å². The highest BCUT2D eigenvalue weighted by Crippen LogP contribution is 2.12. The Kier molecular flexibility index (Phi) is 61.5. The van der Waals surface area contributed by atoms with Crippen LogP contribution in [0, 0.1) is 0 Å². The van der Waals surface area contributed by atoms with Gasteiger partial charge in [0.25, 0.3) is 11.8 Å². The smallest absolute Gasteiger partial charge is 0.358 e. The van der Waals surface area contributed by atoms with Crippen LogP contribution in [0.1, 0.15) is 12.8 Å². The topological polar surface area (TPSA) is 293 Å². The van der Waals surface area contributed by atoms with E-state index in [1.165, 1.54) is 0 Å². The number of hydroxylamine groups is 2. The van der Waals surface area contributed by atoms with Crippen molar-refractivity contribution in [1.29, 1.82) is 0 Å². The molecule has 29 nitrogen and oxygen atoms in total. The fourth-order valence-corrected chi connectivity index (χ4v) is 5.82. The van der Waals surface area contributed by atoms with Crippen molar-refractivity contribution in [1.82, 2.24) is 5.06 Å².